The fourth-order valence-corrected chi connectivity index (χ4v) is 2.27. The highest BCUT2D eigenvalue weighted by Gasteiger charge is 2.03. The Morgan fingerprint density at radius 1 is 1.40 bits per heavy atom. The van der Waals surface area contributed by atoms with Gasteiger partial charge in [-0.15, -0.1) is 0 Å². The van der Waals surface area contributed by atoms with E-state index in [9.17, 15) is 0 Å². The third-order valence-corrected chi connectivity index (χ3v) is 3.40. The van der Waals surface area contributed by atoms with Crippen molar-refractivity contribution in [3.05, 3.63) is 22.7 Å². The molecule has 0 aliphatic carbocycles. The van der Waals surface area contributed by atoms with Crippen LogP contribution in [0, 0.1) is 5.92 Å². The minimum atomic E-state index is 0.557. The average Bonchev–Trinajstić information content (AvgIpc) is 2.16. The van der Waals surface area contributed by atoms with E-state index in [2.05, 4.69) is 30.7 Å². The molecule has 0 fully saturated rings. The number of aromatic nitrogens is 2. The fourth-order valence-electron chi connectivity index (χ4n) is 1.15. The molecule has 0 radical (unpaired) electrons. The van der Waals surface area contributed by atoms with E-state index < -0.39 is 0 Å². The lowest BCUT2D eigenvalue weighted by Gasteiger charge is -2.05. The van der Waals surface area contributed by atoms with E-state index in [-0.39, 0.29) is 0 Å². The minimum absolute atomic E-state index is 0.557. The van der Waals surface area contributed by atoms with Gasteiger partial charge in [-0.3, -0.25) is 0 Å². The van der Waals surface area contributed by atoms with Crippen LogP contribution in [0.3, 0.4) is 0 Å². The van der Waals surface area contributed by atoms with Crippen molar-refractivity contribution in [3.63, 3.8) is 0 Å². The van der Waals surface area contributed by atoms with E-state index in [0.29, 0.717) is 11.1 Å². The van der Waals surface area contributed by atoms with E-state index in [0.717, 1.165) is 29.4 Å². The van der Waals surface area contributed by atoms with Gasteiger partial charge in [-0.05, 0) is 24.2 Å². The fraction of sp³-hybridized carbons (Fsp3) is 0.636. The minimum Gasteiger partial charge on any atom is -0.237 e. The van der Waals surface area contributed by atoms with Crippen molar-refractivity contribution in [1.82, 2.24) is 9.97 Å². The van der Waals surface area contributed by atoms with Gasteiger partial charge in [-0.2, -0.15) is 11.8 Å². The molecule has 0 atom stereocenters. The van der Waals surface area contributed by atoms with E-state index in [4.69, 9.17) is 11.6 Å². The van der Waals surface area contributed by atoms with Crippen molar-refractivity contribution in [2.45, 2.75) is 32.9 Å². The average molecular weight is 245 g/mol. The SMILES string of the molecule is CCc1cc(Cl)nc(CSCC(C)C)n1. The molecule has 0 N–H and O–H groups in total. The van der Waals surface area contributed by atoms with Crippen molar-refractivity contribution < 1.29 is 0 Å². The van der Waals surface area contributed by atoms with Gasteiger partial charge < -0.3 is 0 Å². The van der Waals surface area contributed by atoms with Crippen molar-refractivity contribution in [2.24, 2.45) is 5.92 Å². The Labute approximate surface area is 101 Å². The molecule has 0 spiro atoms. The second-order valence-electron chi connectivity index (χ2n) is 3.86. The van der Waals surface area contributed by atoms with Crippen LogP contribution in [0.4, 0.5) is 0 Å². The first-order valence-electron chi connectivity index (χ1n) is 5.22. The van der Waals surface area contributed by atoms with Crippen LogP contribution in [-0.2, 0) is 12.2 Å². The van der Waals surface area contributed by atoms with Gasteiger partial charge in [0.2, 0.25) is 0 Å². The number of nitrogens with zero attached hydrogens (tertiary/aromatic N) is 2. The summed E-state index contributed by atoms with van der Waals surface area (Å²) in [6, 6.07) is 1.83. The van der Waals surface area contributed by atoms with Gasteiger partial charge in [0.1, 0.15) is 11.0 Å². The Hall–Kier alpha value is -0.280. The summed E-state index contributed by atoms with van der Waals surface area (Å²) in [5.74, 6) is 3.55. The maximum absolute atomic E-state index is 5.91. The predicted molar refractivity (Wildman–Crippen MR) is 67.4 cm³/mol. The molecule has 0 aliphatic rings. The molecule has 1 aromatic rings. The Morgan fingerprint density at radius 3 is 2.73 bits per heavy atom. The van der Waals surface area contributed by atoms with Crippen LogP contribution in [0.15, 0.2) is 6.07 Å². The van der Waals surface area contributed by atoms with Crippen LogP contribution in [0.2, 0.25) is 5.15 Å². The summed E-state index contributed by atoms with van der Waals surface area (Å²) in [6.07, 6.45) is 0.907. The summed E-state index contributed by atoms with van der Waals surface area (Å²) in [7, 11) is 0. The molecular formula is C11H17ClN2S. The van der Waals surface area contributed by atoms with Crippen LogP contribution in [0.5, 0.6) is 0 Å². The summed E-state index contributed by atoms with van der Waals surface area (Å²) in [5.41, 5.74) is 1.02. The highest BCUT2D eigenvalue weighted by molar-refractivity contribution is 7.98. The van der Waals surface area contributed by atoms with Gasteiger partial charge in [0.25, 0.3) is 0 Å². The molecule has 4 heteroatoms. The first kappa shape index (κ1) is 12.8. The monoisotopic (exact) mass is 244 g/mol. The largest absolute Gasteiger partial charge is 0.237 e. The van der Waals surface area contributed by atoms with Crippen molar-refractivity contribution in [2.75, 3.05) is 5.75 Å². The summed E-state index contributed by atoms with van der Waals surface area (Å²) in [6.45, 7) is 6.50. The van der Waals surface area contributed by atoms with Crippen molar-refractivity contribution >= 4 is 23.4 Å². The van der Waals surface area contributed by atoms with Gasteiger partial charge in [-0.25, -0.2) is 9.97 Å². The standard InChI is InChI=1S/C11H17ClN2S/c1-4-9-5-10(12)14-11(13-9)7-15-6-8(2)3/h5,8H,4,6-7H2,1-3H3. The van der Waals surface area contributed by atoms with Crippen molar-refractivity contribution in [3.8, 4) is 0 Å². The van der Waals surface area contributed by atoms with Gasteiger partial charge in [0, 0.05) is 5.69 Å². The van der Waals surface area contributed by atoms with E-state index in [1.807, 2.05) is 17.8 Å². The second-order valence-corrected chi connectivity index (χ2v) is 5.28. The Morgan fingerprint density at radius 2 is 2.13 bits per heavy atom. The number of hydrogen-bond acceptors (Lipinski definition) is 3. The van der Waals surface area contributed by atoms with Crippen LogP contribution >= 0.6 is 23.4 Å². The molecule has 0 aromatic carbocycles. The maximum Gasteiger partial charge on any atom is 0.140 e. The van der Waals surface area contributed by atoms with Gasteiger partial charge in [0.15, 0.2) is 0 Å². The molecule has 1 heterocycles. The van der Waals surface area contributed by atoms with E-state index in [1.165, 1.54) is 0 Å². The molecule has 0 amide bonds. The zero-order chi connectivity index (χ0) is 11.3. The normalized spacial score (nSPS) is 11.0. The Kier molecular flexibility index (Phi) is 5.40. The highest BCUT2D eigenvalue weighted by Crippen LogP contribution is 2.15. The molecule has 15 heavy (non-hydrogen) atoms. The van der Waals surface area contributed by atoms with Crippen LogP contribution in [-0.4, -0.2) is 15.7 Å². The summed E-state index contributed by atoms with van der Waals surface area (Å²) >= 11 is 7.77. The lowest BCUT2D eigenvalue weighted by molar-refractivity contribution is 0.749. The molecule has 0 aliphatic heterocycles. The van der Waals surface area contributed by atoms with E-state index in [1.54, 1.807) is 0 Å². The first-order chi connectivity index (χ1) is 7.11. The second kappa shape index (κ2) is 6.33. The highest BCUT2D eigenvalue weighted by atomic mass is 35.5. The molecule has 0 unspecified atom stereocenters. The van der Waals surface area contributed by atoms with Gasteiger partial charge >= 0.3 is 0 Å². The summed E-state index contributed by atoms with van der Waals surface area (Å²) < 4.78 is 0. The Bertz CT molecular complexity index is 315. The smallest absolute Gasteiger partial charge is 0.140 e. The van der Waals surface area contributed by atoms with Crippen LogP contribution in [0.25, 0.3) is 0 Å². The van der Waals surface area contributed by atoms with Gasteiger partial charge in [0.05, 0.1) is 5.75 Å². The predicted octanol–water partition coefficient (Wildman–Crippen LogP) is 3.58. The summed E-state index contributed by atoms with van der Waals surface area (Å²) in [5, 5.41) is 0.557. The molecule has 0 saturated heterocycles. The first-order valence-corrected chi connectivity index (χ1v) is 6.75. The van der Waals surface area contributed by atoms with Crippen molar-refractivity contribution in [1.29, 1.82) is 0 Å². The molecular weight excluding hydrogens is 228 g/mol. The topological polar surface area (TPSA) is 25.8 Å². The van der Waals surface area contributed by atoms with Gasteiger partial charge in [-0.1, -0.05) is 32.4 Å². The molecule has 1 aromatic heterocycles. The number of aryl methyl sites for hydroxylation is 1. The molecule has 0 bridgehead atoms. The molecule has 0 saturated carbocycles. The van der Waals surface area contributed by atoms with E-state index >= 15 is 0 Å². The number of hydrogen-bond donors (Lipinski definition) is 0. The third kappa shape index (κ3) is 4.85. The lowest BCUT2D eigenvalue weighted by atomic mass is 10.3. The number of rotatable bonds is 5. The molecule has 84 valence electrons. The zero-order valence-electron chi connectivity index (χ0n) is 9.46. The number of thioether (sulfide) groups is 1. The van der Waals surface area contributed by atoms with Crippen LogP contribution in [0.1, 0.15) is 32.3 Å². The summed E-state index contributed by atoms with van der Waals surface area (Å²) in [4.78, 5) is 8.64. The number of halogens is 1. The third-order valence-electron chi connectivity index (χ3n) is 1.84. The Balaban J connectivity index is 2.56. The zero-order valence-corrected chi connectivity index (χ0v) is 11.0. The van der Waals surface area contributed by atoms with Crippen LogP contribution < -0.4 is 0 Å². The molecule has 1 rings (SSSR count). The molecule has 2 nitrogen and oxygen atoms in total. The lowest BCUT2D eigenvalue weighted by Crippen LogP contribution is -1.99. The quantitative estimate of drug-likeness (QED) is 0.741. The maximum atomic E-state index is 5.91.